The molecule has 1 aromatic heterocycles. The molecule has 4 nitrogen and oxygen atoms in total. The predicted octanol–water partition coefficient (Wildman–Crippen LogP) is 2.56. The molecule has 7 heteroatoms. The molecule has 0 fully saturated rings. The molecule has 0 bridgehead atoms. The number of H-pyrrole nitrogens is 1. The Hall–Kier alpha value is -1.63. The number of aromatic amines is 1. The monoisotopic (exact) mass is 243 g/mol. The minimum absolute atomic E-state index is 0.138. The van der Waals surface area contributed by atoms with Gasteiger partial charge in [-0.1, -0.05) is 11.8 Å². The Bertz CT molecular complexity index is 433. The highest BCUT2D eigenvalue weighted by Gasteiger charge is 2.04. The van der Waals surface area contributed by atoms with Gasteiger partial charge in [-0.05, 0) is 24.3 Å². The van der Waals surface area contributed by atoms with Crippen molar-refractivity contribution in [3.05, 3.63) is 30.5 Å². The number of hydrogen-bond donors (Lipinski definition) is 1. The number of alkyl halides is 2. The summed E-state index contributed by atoms with van der Waals surface area (Å²) in [6, 6.07) is 6.32. The number of rotatable bonds is 4. The molecule has 2 aromatic rings. The van der Waals surface area contributed by atoms with E-state index in [1.165, 1.54) is 23.9 Å². The molecule has 0 aliphatic rings. The summed E-state index contributed by atoms with van der Waals surface area (Å²) in [6.07, 6.45) is 1.58. The van der Waals surface area contributed by atoms with Gasteiger partial charge in [0.05, 0.1) is 6.20 Å². The molecule has 0 saturated heterocycles. The normalized spacial score (nSPS) is 10.7. The first-order valence-electron chi connectivity index (χ1n) is 4.32. The molecule has 0 spiro atoms. The Balaban J connectivity index is 2.02. The maximum absolute atomic E-state index is 11.9. The fourth-order valence-corrected chi connectivity index (χ4v) is 1.76. The van der Waals surface area contributed by atoms with E-state index in [0.29, 0.717) is 5.03 Å². The van der Waals surface area contributed by atoms with E-state index in [9.17, 15) is 8.78 Å². The average molecular weight is 243 g/mol. The van der Waals surface area contributed by atoms with Crippen LogP contribution in [0.5, 0.6) is 5.75 Å². The first-order valence-corrected chi connectivity index (χ1v) is 5.14. The van der Waals surface area contributed by atoms with Gasteiger partial charge < -0.3 is 4.74 Å². The Labute approximate surface area is 94.0 Å². The van der Waals surface area contributed by atoms with Gasteiger partial charge in [0.25, 0.3) is 0 Å². The third kappa shape index (κ3) is 2.93. The molecular formula is C9H7F2N3OS. The Morgan fingerprint density at radius 3 is 2.56 bits per heavy atom. The zero-order chi connectivity index (χ0) is 11.4. The third-order valence-corrected chi connectivity index (χ3v) is 2.58. The smallest absolute Gasteiger partial charge is 0.387 e. The molecular weight excluding hydrogens is 236 g/mol. The lowest BCUT2D eigenvalue weighted by atomic mass is 10.3. The van der Waals surface area contributed by atoms with Crippen LogP contribution in [0.3, 0.4) is 0 Å². The van der Waals surface area contributed by atoms with Crippen molar-refractivity contribution in [2.24, 2.45) is 0 Å². The third-order valence-electron chi connectivity index (χ3n) is 1.66. The Kier molecular flexibility index (Phi) is 3.35. The number of halogens is 2. The van der Waals surface area contributed by atoms with Gasteiger partial charge in [0.1, 0.15) is 10.8 Å². The van der Waals surface area contributed by atoms with Crippen molar-refractivity contribution in [1.82, 2.24) is 15.4 Å². The summed E-state index contributed by atoms with van der Waals surface area (Å²) in [4.78, 5) is 0.871. The molecule has 0 saturated carbocycles. The zero-order valence-corrected chi connectivity index (χ0v) is 8.75. The van der Waals surface area contributed by atoms with E-state index < -0.39 is 6.61 Å². The van der Waals surface area contributed by atoms with Crippen LogP contribution >= 0.6 is 11.8 Å². The van der Waals surface area contributed by atoms with Crippen LogP contribution in [-0.4, -0.2) is 22.0 Å². The summed E-state index contributed by atoms with van der Waals surface area (Å²) in [5, 5.41) is 10.7. The fraction of sp³-hybridized carbons (Fsp3) is 0.111. The van der Waals surface area contributed by atoms with Gasteiger partial charge in [0.15, 0.2) is 0 Å². The van der Waals surface area contributed by atoms with Gasteiger partial charge in [-0.2, -0.15) is 19.1 Å². The van der Waals surface area contributed by atoms with Gasteiger partial charge in [-0.3, -0.25) is 0 Å². The second-order valence-corrected chi connectivity index (χ2v) is 3.85. The van der Waals surface area contributed by atoms with Crippen LogP contribution in [-0.2, 0) is 0 Å². The SMILES string of the molecule is FC(F)Oc1ccc(Sc2cn[nH]n2)cc1. The molecule has 1 aromatic carbocycles. The second-order valence-electron chi connectivity index (χ2n) is 2.76. The Morgan fingerprint density at radius 1 is 1.25 bits per heavy atom. The maximum Gasteiger partial charge on any atom is 0.387 e. The molecule has 84 valence electrons. The van der Waals surface area contributed by atoms with Crippen molar-refractivity contribution in [3.63, 3.8) is 0 Å². The number of hydrogen-bond acceptors (Lipinski definition) is 4. The van der Waals surface area contributed by atoms with Gasteiger partial charge in [-0.25, -0.2) is 0 Å². The van der Waals surface area contributed by atoms with Gasteiger partial charge >= 0.3 is 6.61 Å². The van der Waals surface area contributed by atoms with E-state index in [1.807, 2.05) is 0 Å². The highest BCUT2D eigenvalue weighted by atomic mass is 32.2. The standard InChI is InChI=1S/C9H7F2N3OS/c10-9(11)15-6-1-3-7(4-2-6)16-8-5-12-14-13-8/h1-5,9H,(H,12,13,14). The van der Waals surface area contributed by atoms with Crippen LogP contribution in [0.1, 0.15) is 0 Å². The fourth-order valence-electron chi connectivity index (χ4n) is 1.05. The highest BCUT2D eigenvalue weighted by molar-refractivity contribution is 7.99. The predicted molar refractivity (Wildman–Crippen MR) is 53.6 cm³/mol. The molecule has 1 heterocycles. The molecule has 2 rings (SSSR count). The lowest BCUT2D eigenvalue weighted by Gasteiger charge is -2.04. The van der Waals surface area contributed by atoms with Crippen molar-refractivity contribution in [3.8, 4) is 5.75 Å². The summed E-state index contributed by atoms with van der Waals surface area (Å²) < 4.78 is 28.0. The Morgan fingerprint density at radius 2 is 2.00 bits per heavy atom. The van der Waals surface area contributed by atoms with E-state index >= 15 is 0 Å². The second kappa shape index (κ2) is 4.93. The van der Waals surface area contributed by atoms with E-state index in [-0.39, 0.29) is 5.75 Å². The molecule has 0 atom stereocenters. The van der Waals surface area contributed by atoms with Crippen LogP contribution in [0.25, 0.3) is 0 Å². The number of nitrogens with zero attached hydrogens (tertiary/aromatic N) is 2. The number of nitrogens with one attached hydrogen (secondary N) is 1. The van der Waals surface area contributed by atoms with Crippen molar-refractivity contribution >= 4 is 11.8 Å². The summed E-state index contributed by atoms with van der Waals surface area (Å²) >= 11 is 1.37. The summed E-state index contributed by atoms with van der Waals surface area (Å²) in [5.74, 6) is 0.138. The lowest BCUT2D eigenvalue weighted by Crippen LogP contribution is -2.01. The topological polar surface area (TPSA) is 50.8 Å². The average Bonchev–Trinajstić information content (AvgIpc) is 2.73. The minimum atomic E-state index is -2.80. The molecule has 0 radical (unpaired) electrons. The lowest BCUT2D eigenvalue weighted by molar-refractivity contribution is -0.0498. The van der Waals surface area contributed by atoms with Crippen molar-refractivity contribution in [1.29, 1.82) is 0 Å². The van der Waals surface area contributed by atoms with Crippen LogP contribution < -0.4 is 4.74 Å². The summed E-state index contributed by atoms with van der Waals surface area (Å²) in [7, 11) is 0. The van der Waals surface area contributed by atoms with Crippen LogP contribution in [0.15, 0.2) is 40.4 Å². The number of benzene rings is 1. The van der Waals surface area contributed by atoms with E-state index in [4.69, 9.17) is 0 Å². The van der Waals surface area contributed by atoms with Crippen molar-refractivity contribution in [2.45, 2.75) is 16.5 Å². The van der Waals surface area contributed by atoms with Crippen molar-refractivity contribution < 1.29 is 13.5 Å². The van der Waals surface area contributed by atoms with Gasteiger partial charge in [0.2, 0.25) is 0 Å². The van der Waals surface area contributed by atoms with Crippen LogP contribution in [0.2, 0.25) is 0 Å². The highest BCUT2D eigenvalue weighted by Crippen LogP contribution is 2.27. The maximum atomic E-state index is 11.9. The van der Waals surface area contributed by atoms with Crippen LogP contribution in [0, 0.1) is 0 Å². The molecule has 0 aliphatic carbocycles. The van der Waals surface area contributed by atoms with Crippen molar-refractivity contribution in [2.75, 3.05) is 0 Å². The largest absolute Gasteiger partial charge is 0.435 e. The summed E-state index contributed by atoms with van der Waals surface area (Å²) in [6.45, 7) is -2.80. The quantitative estimate of drug-likeness (QED) is 0.896. The first kappa shape index (κ1) is 10.9. The summed E-state index contributed by atoms with van der Waals surface area (Å²) in [5.41, 5.74) is 0. The number of aromatic nitrogens is 3. The minimum Gasteiger partial charge on any atom is -0.435 e. The molecule has 0 aliphatic heterocycles. The molecule has 16 heavy (non-hydrogen) atoms. The van der Waals surface area contributed by atoms with Gasteiger partial charge in [-0.15, -0.1) is 5.10 Å². The van der Waals surface area contributed by atoms with Crippen LogP contribution in [0.4, 0.5) is 8.78 Å². The zero-order valence-electron chi connectivity index (χ0n) is 7.93. The van der Waals surface area contributed by atoms with E-state index in [2.05, 4.69) is 20.1 Å². The molecule has 0 amide bonds. The molecule has 0 unspecified atom stereocenters. The number of ether oxygens (including phenoxy) is 1. The van der Waals surface area contributed by atoms with Gasteiger partial charge in [0, 0.05) is 4.90 Å². The van der Waals surface area contributed by atoms with E-state index in [0.717, 1.165) is 4.90 Å². The van der Waals surface area contributed by atoms with E-state index in [1.54, 1.807) is 18.3 Å². The first-order chi connectivity index (χ1) is 7.74. The molecule has 1 N–H and O–H groups in total.